The third-order valence-electron chi connectivity index (χ3n) is 3.08. The van der Waals surface area contributed by atoms with Crippen molar-refractivity contribution < 1.29 is 0 Å². The van der Waals surface area contributed by atoms with Crippen LogP contribution in [0.1, 0.15) is 21.9 Å². The molecule has 0 saturated carbocycles. The van der Waals surface area contributed by atoms with Gasteiger partial charge in [-0.3, -0.25) is 0 Å². The third kappa shape index (κ3) is 3.67. The summed E-state index contributed by atoms with van der Waals surface area (Å²) in [6.07, 6.45) is 1.10. The number of rotatable bonds is 5. The van der Waals surface area contributed by atoms with Crippen molar-refractivity contribution in [2.75, 3.05) is 13.6 Å². The third-order valence-corrected chi connectivity index (χ3v) is 4.72. The first-order chi connectivity index (χ1) is 8.69. The van der Waals surface area contributed by atoms with Crippen molar-refractivity contribution in [1.82, 2.24) is 5.32 Å². The van der Waals surface area contributed by atoms with Crippen molar-refractivity contribution in [3.8, 4) is 0 Å². The van der Waals surface area contributed by atoms with E-state index in [-0.39, 0.29) is 0 Å². The molecule has 0 bridgehead atoms. The van der Waals surface area contributed by atoms with Crippen molar-refractivity contribution in [3.63, 3.8) is 0 Å². The molecule has 18 heavy (non-hydrogen) atoms. The predicted octanol–water partition coefficient (Wildman–Crippen LogP) is 4.36. The van der Waals surface area contributed by atoms with Crippen LogP contribution in [-0.4, -0.2) is 13.6 Å². The highest BCUT2D eigenvalue weighted by Gasteiger charge is 2.12. The lowest BCUT2D eigenvalue weighted by molar-refractivity contribution is 0.630. The normalized spacial score (nSPS) is 12.6. The van der Waals surface area contributed by atoms with E-state index >= 15 is 0 Å². The summed E-state index contributed by atoms with van der Waals surface area (Å²) in [5.74, 6) is 0.543. The Hall–Kier alpha value is -0.640. The molecule has 2 rings (SSSR count). The van der Waals surface area contributed by atoms with Gasteiger partial charge in [0.05, 0.1) is 3.79 Å². The quantitative estimate of drug-likeness (QED) is 0.861. The first kappa shape index (κ1) is 13.8. The molecule has 1 atom stereocenters. The second-order valence-electron chi connectivity index (χ2n) is 4.58. The molecule has 1 unspecified atom stereocenters. The number of halogens is 1. The minimum absolute atomic E-state index is 0.543. The molecule has 0 saturated heterocycles. The van der Waals surface area contributed by atoms with E-state index in [1.54, 1.807) is 0 Å². The predicted molar refractivity (Wildman–Crippen MR) is 83.6 cm³/mol. The average molecular weight is 324 g/mol. The standard InChI is InChI=1S/C15H18BrNS/c1-11-3-5-12(6-4-11)13(10-17-2)9-14-7-8-15(16)18-14/h3-8,13,17H,9-10H2,1-2H3. The SMILES string of the molecule is CNCC(Cc1ccc(Br)s1)c1ccc(C)cc1. The van der Waals surface area contributed by atoms with E-state index in [1.807, 2.05) is 18.4 Å². The molecule has 1 heterocycles. The highest BCUT2D eigenvalue weighted by Crippen LogP contribution is 2.28. The number of aryl methyl sites for hydroxylation is 1. The lowest BCUT2D eigenvalue weighted by atomic mass is 9.94. The zero-order valence-corrected chi connectivity index (χ0v) is 13.1. The molecule has 0 amide bonds. The van der Waals surface area contributed by atoms with Crippen molar-refractivity contribution >= 4 is 27.3 Å². The van der Waals surface area contributed by atoms with E-state index < -0.39 is 0 Å². The van der Waals surface area contributed by atoms with Gasteiger partial charge in [0.25, 0.3) is 0 Å². The summed E-state index contributed by atoms with van der Waals surface area (Å²) in [6.45, 7) is 3.14. The van der Waals surface area contributed by atoms with Gasteiger partial charge in [0.15, 0.2) is 0 Å². The van der Waals surface area contributed by atoms with Crippen LogP contribution in [-0.2, 0) is 6.42 Å². The van der Waals surface area contributed by atoms with Crippen LogP contribution in [0.5, 0.6) is 0 Å². The summed E-state index contributed by atoms with van der Waals surface area (Å²) in [7, 11) is 2.02. The molecule has 3 heteroatoms. The molecule has 1 aromatic carbocycles. The van der Waals surface area contributed by atoms with E-state index in [0.717, 1.165) is 13.0 Å². The number of thiophene rings is 1. The Morgan fingerprint density at radius 2 is 1.89 bits per heavy atom. The number of benzene rings is 1. The molecule has 0 spiro atoms. The van der Waals surface area contributed by atoms with Crippen LogP contribution in [0.25, 0.3) is 0 Å². The Bertz CT molecular complexity index is 489. The Morgan fingerprint density at radius 1 is 1.17 bits per heavy atom. The maximum atomic E-state index is 3.53. The van der Waals surface area contributed by atoms with Gasteiger partial charge in [-0.15, -0.1) is 11.3 Å². The molecule has 0 aliphatic rings. The minimum atomic E-state index is 0.543. The molecule has 1 N–H and O–H groups in total. The van der Waals surface area contributed by atoms with Crippen molar-refractivity contribution in [3.05, 3.63) is 56.2 Å². The van der Waals surface area contributed by atoms with Crippen molar-refractivity contribution in [2.24, 2.45) is 0 Å². The molecule has 1 nitrogen and oxygen atoms in total. The van der Waals surface area contributed by atoms with Gasteiger partial charge in [-0.1, -0.05) is 29.8 Å². The van der Waals surface area contributed by atoms with E-state index in [0.29, 0.717) is 5.92 Å². The van der Waals surface area contributed by atoms with Gasteiger partial charge in [-0.25, -0.2) is 0 Å². The molecular formula is C15H18BrNS. The van der Waals surface area contributed by atoms with Crippen LogP contribution in [0.2, 0.25) is 0 Å². The van der Waals surface area contributed by atoms with Crippen LogP contribution < -0.4 is 5.32 Å². The molecule has 0 aliphatic heterocycles. The van der Waals surface area contributed by atoms with Crippen LogP contribution >= 0.6 is 27.3 Å². The van der Waals surface area contributed by atoms with Gasteiger partial charge in [-0.05, 0) is 54.0 Å². The maximum absolute atomic E-state index is 3.53. The first-order valence-electron chi connectivity index (χ1n) is 6.14. The Labute approximate surface area is 121 Å². The van der Waals surface area contributed by atoms with E-state index in [4.69, 9.17) is 0 Å². The van der Waals surface area contributed by atoms with Gasteiger partial charge in [0.2, 0.25) is 0 Å². The largest absolute Gasteiger partial charge is 0.319 e. The summed E-state index contributed by atoms with van der Waals surface area (Å²) >= 11 is 5.36. The van der Waals surface area contributed by atoms with Crippen LogP contribution in [0.15, 0.2) is 40.2 Å². The van der Waals surface area contributed by atoms with E-state index in [2.05, 4.69) is 64.6 Å². The number of likely N-dealkylation sites (N-methyl/N-ethyl adjacent to an activating group) is 1. The topological polar surface area (TPSA) is 12.0 Å². The van der Waals surface area contributed by atoms with Crippen LogP contribution in [0, 0.1) is 6.92 Å². The molecule has 96 valence electrons. The maximum Gasteiger partial charge on any atom is 0.0701 e. The van der Waals surface area contributed by atoms with Crippen LogP contribution in [0.3, 0.4) is 0 Å². The molecule has 0 fully saturated rings. The fourth-order valence-electron chi connectivity index (χ4n) is 2.10. The first-order valence-corrected chi connectivity index (χ1v) is 7.75. The highest BCUT2D eigenvalue weighted by atomic mass is 79.9. The van der Waals surface area contributed by atoms with Crippen molar-refractivity contribution in [1.29, 1.82) is 0 Å². The van der Waals surface area contributed by atoms with Gasteiger partial charge < -0.3 is 5.32 Å². The smallest absolute Gasteiger partial charge is 0.0701 e. The fraction of sp³-hybridized carbons (Fsp3) is 0.333. The molecule has 1 aromatic heterocycles. The fourth-order valence-corrected chi connectivity index (χ4v) is 3.66. The Kier molecular flexibility index (Phi) is 4.98. The second-order valence-corrected chi connectivity index (χ2v) is 7.12. The van der Waals surface area contributed by atoms with Crippen LogP contribution in [0.4, 0.5) is 0 Å². The Balaban J connectivity index is 2.14. The highest BCUT2D eigenvalue weighted by molar-refractivity contribution is 9.11. The van der Waals surface area contributed by atoms with Gasteiger partial charge >= 0.3 is 0 Å². The van der Waals surface area contributed by atoms with Crippen molar-refractivity contribution in [2.45, 2.75) is 19.3 Å². The molecule has 2 aromatic rings. The monoisotopic (exact) mass is 323 g/mol. The average Bonchev–Trinajstić information content (AvgIpc) is 2.75. The van der Waals surface area contributed by atoms with Gasteiger partial charge in [-0.2, -0.15) is 0 Å². The summed E-state index contributed by atoms with van der Waals surface area (Å²) in [5, 5.41) is 3.30. The number of hydrogen-bond donors (Lipinski definition) is 1. The van der Waals surface area contributed by atoms with E-state index in [1.165, 1.54) is 19.8 Å². The van der Waals surface area contributed by atoms with Gasteiger partial charge in [0.1, 0.15) is 0 Å². The molecular weight excluding hydrogens is 306 g/mol. The lowest BCUT2D eigenvalue weighted by Gasteiger charge is -2.16. The summed E-state index contributed by atoms with van der Waals surface area (Å²) in [4.78, 5) is 1.43. The van der Waals surface area contributed by atoms with Gasteiger partial charge in [0, 0.05) is 17.3 Å². The summed E-state index contributed by atoms with van der Waals surface area (Å²) in [5.41, 5.74) is 2.74. The lowest BCUT2D eigenvalue weighted by Crippen LogP contribution is -2.18. The summed E-state index contributed by atoms with van der Waals surface area (Å²) < 4.78 is 1.21. The zero-order valence-electron chi connectivity index (χ0n) is 10.7. The molecule has 0 radical (unpaired) electrons. The minimum Gasteiger partial charge on any atom is -0.319 e. The number of hydrogen-bond acceptors (Lipinski definition) is 2. The number of nitrogens with one attached hydrogen (secondary N) is 1. The second kappa shape index (κ2) is 6.50. The molecule has 0 aliphatic carbocycles. The van der Waals surface area contributed by atoms with E-state index in [9.17, 15) is 0 Å². The summed E-state index contributed by atoms with van der Waals surface area (Å²) in [6, 6.07) is 13.2. The Morgan fingerprint density at radius 3 is 2.44 bits per heavy atom. The zero-order chi connectivity index (χ0) is 13.0.